The summed E-state index contributed by atoms with van der Waals surface area (Å²) in [6.45, 7) is 3.76. The summed E-state index contributed by atoms with van der Waals surface area (Å²) in [6, 6.07) is 17.0. The van der Waals surface area contributed by atoms with Crippen LogP contribution in [0.4, 0.5) is 4.39 Å². The van der Waals surface area contributed by atoms with Gasteiger partial charge in [0, 0.05) is 43.3 Å². The van der Waals surface area contributed by atoms with Gasteiger partial charge < -0.3 is 9.64 Å². The molecular weight excluding hydrogens is 486 g/mol. The molecule has 4 nitrogen and oxygen atoms in total. The average Bonchev–Trinajstić information content (AvgIpc) is 2.80. The van der Waals surface area contributed by atoms with Crippen molar-refractivity contribution >= 4 is 40.7 Å². The number of halogens is 4. The maximum Gasteiger partial charge on any atom is 0.253 e. The van der Waals surface area contributed by atoms with Crippen LogP contribution in [-0.2, 0) is 13.2 Å². The van der Waals surface area contributed by atoms with E-state index in [0.717, 1.165) is 30.8 Å². The Morgan fingerprint density at radius 1 is 0.879 bits per heavy atom. The fourth-order valence-electron chi connectivity index (χ4n) is 3.76. The predicted octanol–water partition coefficient (Wildman–Crippen LogP) is 6.32. The van der Waals surface area contributed by atoms with E-state index in [1.807, 2.05) is 23.1 Å². The van der Waals surface area contributed by atoms with E-state index >= 15 is 0 Å². The molecule has 0 bridgehead atoms. The first-order valence-electron chi connectivity index (χ1n) is 10.5. The molecule has 0 spiro atoms. The van der Waals surface area contributed by atoms with Crippen molar-refractivity contribution in [3.8, 4) is 5.75 Å². The van der Waals surface area contributed by atoms with Gasteiger partial charge in [-0.3, -0.25) is 9.69 Å². The summed E-state index contributed by atoms with van der Waals surface area (Å²) in [4.78, 5) is 17.2. The third-order valence-electron chi connectivity index (χ3n) is 5.50. The Labute approximate surface area is 207 Å². The zero-order valence-corrected chi connectivity index (χ0v) is 20.0. The van der Waals surface area contributed by atoms with Crippen LogP contribution >= 0.6 is 34.8 Å². The van der Waals surface area contributed by atoms with E-state index in [1.54, 1.807) is 30.3 Å². The molecule has 1 aliphatic rings. The van der Waals surface area contributed by atoms with Crippen molar-refractivity contribution in [3.05, 3.63) is 98.2 Å². The number of hydrogen-bond donors (Lipinski definition) is 0. The number of carbonyl (C=O) groups excluding carboxylic acids is 1. The van der Waals surface area contributed by atoms with E-state index in [4.69, 9.17) is 39.5 Å². The number of rotatable bonds is 6. The minimum Gasteiger partial charge on any atom is -0.486 e. The topological polar surface area (TPSA) is 32.8 Å². The summed E-state index contributed by atoms with van der Waals surface area (Å²) in [5.41, 5.74) is 2.50. The van der Waals surface area contributed by atoms with Crippen molar-refractivity contribution in [2.24, 2.45) is 0 Å². The molecule has 4 rings (SSSR count). The zero-order chi connectivity index (χ0) is 23.4. The van der Waals surface area contributed by atoms with Crippen molar-refractivity contribution in [1.29, 1.82) is 0 Å². The van der Waals surface area contributed by atoms with Crippen LogP contribution in [0.2, 0.25) is 15.1 Å². The summed E-state index contributed by atoms with van der Waals surface area (Å²) in [6.07, 6.45) is 0. The molecule has 1 fully saturated rings. The Balaban J connectivity index is 1.34. The lowest BCUT2D eigenvalue weighted by molar-refractivity contribution is 0.0628. The zero-order valence-electron chi connectivity index (χ0n) is 17.7. The molecule has 3 aromatic rings. The SMILES string of the molecule is O=C(c1cccc(COc2c(Cl)cc(Cl)cc2Cl)c1)N1CCN(Cc2ccc(F)cc2)CC1. The van der Waals surface area contributed by atoms with Crippen molar-refractivity contribution < 1.29 is 13.9 Å². The van der Waals surface area contributed by atoms with Crippen molar-refractivity contribution in [1.82, 2.24) is 9.80 Å². The molecule has 0 saturated carbocycles. The van der Waals surface area contributed by atoms with Crippen LogP contribution in [0.1, 0.15) is 21.5 Å². The molecule has 0 unspecified atom stereocenters. The van der Waals surface area contributed by atoms with Crippen molar-refractivity contribution in [2.75, 3.05) is 26.2 Å². The van der Waals surface area contributed by atoms with E-state index in [9.17, 15) is 9.18 Å². The highest BCUT2D eigenvalue weighted by Gasteiger charge is 2.22. The Kier molecular flexibility index (Phi) is 7.76. The van der Waals surface area contributed by atoms with Crippen LogP contribution in [0.5, 0.6) is 5.75 Å². The highest BCUT2D eigenvalue weighted by Crippen LogP contribution is 2.36. The Morgan fingerprint density at radius 2 is 1.55 bits per heavy atom. The van der Waals surface area contributed by atoms with Gasteiger partial charge in [0.05, 0.1) is 10.0 Å². The van der Waals surface area contributed by atoms with Crippen LogP contribution in [0, 0.1) is 5.82 Å². The fraction of sp³-hybridized carbons (Fsp3) is 0.240. The quantitative estimate of drug-likeness (QED) is 0.391. The maximum atomic E-state index is 13.1. The van der Waals surface area contributed by atoms with Crippen molar-refractivity contribution in [3.63, 3.8) is 0 Å². The Bertz CT molecular complexity index is 1110. The predicted molar refractivity (Wildman–Crippen MR) is 130 cm³/mol. The third-order valence-corrected chi connectivity index (χ3v) is 6.28. The number of ether oxygens (including phenoxy) is 1. The third kappa shape index (κ3) is 6.18. The van der Waals surface area contributed by atoms with Gasteiger partial charge in [0.2, 0.25) is 0 Å². The molecule has 172 valence electrons. The van der Waals surface area contributed by atoms with E-state index in [-0.39, 0.29) is 18.3 Å². The maximum absolute atomic E-state index is 13.1. The second-order valence-corrected chi connectivity index (χ2v) is 9.13. The fourth-order valence-corrected chi connectivity index (χ4v) is 4.68. The lowest BCUT2D eigenvalue weighted by Gasteiger charge is -2.34. The molecule has 1 saturated heterocycles. The highest BCUT2D eigenvalue weighted by molar-refractivity contribution is 6.40. The number of hydrogen-bond acceptors (Lipinski definition) is 3. The van der Waals surface area contributed by atoms with Crippen LogP contribution in [0.25, 0.3) is 0 Å². The summed E-state index contributed by atoms with van der Waals surface area (Å²) in [5.74, 6) is 0.110. The molecule has 0 aliphatic carbocycles. The van der Waals surface area contributed by atoms with E-state index in [2.05, 4.69) is 4.90 Å². The van der Waals surface area contributed by atoms with Crippen LogP contribution in [0.3, 0.4) is 0 Å². The van der Waals surface area contributed by atoms with Gasteiger partial charge in [-0.25, -0.2) is 4.39 Å². The molecule has 1 aliphatic heterocycles. The van der Waals surface area contributed by atoms with E-state index < -0.39 is 0 Å². The standard InChI is InChI=1S/C25H22Cl3FN2O2/c26-20-13-22(27)24(23(28)14-20)33-16-18-2-1-3-19(12-18)25(32)31-10-8-30(9-11-31)15-17-4-6-21(29)7-5-17/h1-7,12-14H,8-11,15-16H2. The molecule has 1 amide bonds. The molecule has 0 N–H and O–H groups in total. The number of benzene rings is 3. The highest BCUT2D eigenvalue weighted by atomic mass is 35.5. The number of piperazine rings is 1. The average molecular weight is 508 g/mol. The second kappa shape index (κ2) is 10.7. The Morgan fingerprint density at radius 3 is 2.21 bits per heavy atom. The summed E-state index contributed by atoms with van der Waals surface area (Å²) in [7, 11) is 0. The van der Waals surface area contributed by atoms with Crippen LogP contribution in [-0.4, -0.2) is 41.9 Å². The van der Waals surface area contributed by atoms with Gasteiger partial charge in [-0.2, -0.15) is 0 Å². The first-order chi connectivity index (χ1) is 15.9. The van der Waals surface area contributed by atoms with Gasteiger partial charge in [0.25, 0.3) is 5.91 Å². The second-order valence-electron chi connectivity index (χ2n) is 7.88. The van der Waals surface area contributed by atoms with Crippen molar-refractivity contribution in [2.45, 2.75) is 13.2 Å². The number of nitrogens with zero attached hydrogens (tertiary/aromatic N) is 2. The Hall–Kier alpha value is -2.31. The van der Waals surface area contributed by atoms with Gasteiger partial charge >= 0.3 is 0 Å². The molecule has 8 heteroatoms. The summed E-state index contributed by atoms with van der Waals surface area (Å²) < 4.78 is 18.9. The molecular formula is C25H22Cl3FN2O2. The lowest BCUT2D eigenvalue weighted by atomic mass is 10.1. The van der Waals surface area contributed by atoms with E-state index in [0.29, 0.717) is 39.5 Å². The van der Waals surface area contributed by atoms with Gasteiger partial charge in [0.1, 0.15) is 12.4 Å². The van der Waals surface area contributed by atoms with Gasteiger partial charge in [0.15, 0.2) is 5.75 Å². The van der Waals surface area contributed by atoms with Gasteiger partial charge in [-0.1, -0.05) is 59.1 Å². The van der Waals surface area contributed by atoms with E-state index in [1.165, 1.54) is 12.1 Å². The molecule has 0 radical (unpaired) electrons. The molecule has 0 atom stereocenters. The van der Waals surface area contributed by atoms with Crippen LogP contribution in [0.15, 0.2) is 60.7 Å². The molecule has 3 aromatic carbocycles. The van der Waals surface area contributed by atoms with Gasteiger partial charge in [-0.15, -0.1) is 0 Å². The van der Waals surface area contributed by atoms with Gasteiger partial charge in [-0.05, 0) is 47.5 Å². The first-order valence-corrected chi connectivity index (χ1v) is 11.6. The number of amides is 1. The normalized spacial score (nSPS) is 14.4. The monoisotopic (exact) mass is 506 g/mol. The van der Waals surface area contributed by atoms with Crippen LogP contribution < -0.4 is 4.74 Å². The largest absolute Gasteiger partial charge is 0.486 e. The minimum absolute atomic E-state index is 0.0131. The molecule has 0 aromatic heterocycles. The molecule has 33 heavy (non-hydrogen) atoms. The number of carbonyl (C=O) groups is 1. The summed E-state index contributed by atoms with van der Waals surface area (Å²) >= 11 is 18.3. The lowest BCUT2D eigenvalue weighted by Crippen LogP contribution is -2.48. The minimum atomic E-state index is -0.235. The molecule has 1 heterocycles. The smallest absolute Gasteiger partial charge is 0.253 e. The summed E-state index contributed by atoms with van der Waals surface area (Å²) in [5, 5.41) is 1.10. The first kappa shape index (κ1) is 23.8.